The lowest BCUT2D eigenvalue weighted by Gasteiger charge is -2.25. The van der Waals surface area contributed by atoms with Gasteiger partial charge in [-0.25, -0.2) is 13.4 Å². The van der Waals surface area contributed by atoms with E-state index in [1.54, 1.807) is 6.07 Å². The molecule has 3 N–H and O–H groups in total. The zero-order valence-electron chi connectivity index (χ0n) is 23.5. The van der Waals surface area contributed by atoms with Gasteiger partial charge in [0.1, 0.15) is 16.5 Å². The molecular weight excluding hydrogens is 550 g/mol. The Morgan fingerprint density at radius 1 is 1.02 bits per heavy atom. The van der Waals surface area contributed by atoms with E-state index in [0.717, 1.165) is 46.3 Å². The quantitative estimate of drug-likeness (QED) is 0.264. The fourth-order valence-corrected chi connectivity index (χ4v) is 6.06. The van der Waals surface area contributed by atoms with E-state index in [9.17, 15) is 18.3 Å². The Balaban J connectivity index is 1.20. The Kier molecular flexibility index (Phi) is 8.28. The Bertz CT molecular complexity index is 1740. The number of aromatic nitrogens is 1. The van der Waals surface area contributed by atoms with Crippen LogP contribution in [0, 0.1) is 0 Å². The first-order valence-corrected chi connectivity index (χ1v) is 14.9. The molecule has 216 valence electrons. The van der Waals surface area contributed by atoms with E-state index in [1.165, 1.54) is 54.7 Å². The highest BCUT2D eigenvalue weighted by Gasteiger charge is 2.25. The van der Waals surface area contributed by atoms with E-state index in [0.29, 0.717) is 0 Å². The first-order valence-electron chi connectivity index (χ1n) is 13.5. The molecule has 10 heteroatoms. The normalized spacial score (nSPS) is 13.2. The molecule has 0 radical (unpaired) electrons. The van der Waals surface area contributed by atoms with Crippen LogP contribution >= 0.6 is 0 Å². The average Bonchev–Trinajstić information content (AvgIpc) is 2.99. The standard InChI is InChI=1S/C32H33N5O4S/c1-22(35-28-13-11-24-15-16-36(2)21-27(24)18-28)25-8-6-7-23(17-25)19-34-32(39)26-12-14-31(33-20-26)37(3)42(40,41)30-10-5-4-9-29(30)38/h4-14,17-18,20,35,38H,1,15-16,19,21H2,2-3H3,(H,34,39). The topological polar surface area (TPSA) is 115 Å². The average molecular weight is 584 g/mol. The molecule has 2 heterocycles. The smallest absolute Gasteiger partial charge is 0.268 e. The van der Waals surface area contributed by atoms with Gasteiger partial charge in [0.15, 0.2) is 0 Å². The van der Waals surface area contributed by atoms with Gasteiger partial charge in [0.25, 0.3) is 15.9 Å². The summed E-state index contributed by atoms with van der Waals surface area (Å²) in [5.41, 5.74) is 6.55. The maximum Gasteiger partial charge on any atom is 0.268 e. The van der Waals surface area contributed by atoms with Gasteiger partial charge in [-0.2, -0.15) is 0 Å². The van der Waals surface area contributed by atoms with Crippen molar-refractivity contribution in [2.75, 3.05) is 30.3 Å². The molecule has 1 aliphatic rings. The fraction of sp³-hybridized carbons (Fsp3) is 0.188. The fourth-order valence-electron chi connectivity index (χ4n) is 4.83. The summed E-state index contributed by atoms with van der Waals surface area (Å²) < 4.78 is 26.8. The van der Waals surface area contributed by atoms with Gasteiger partial charge in [0, 0.05) is 44.3 Å². The van der Waals surface area contributed by atoms with Crippen LogP contribution in [0.5, 0.6) is 5.75 Å². The number of pyridine rings is 1. The summed E-state index contributed by atoms with van der Waals surface area (Å²) in [7, 11) is -0.568. The Hall–Kier alpha value is -4.67. The summed E-state index contributed by atoms with van der Waals surface area (Å²) in [6, 6.07) is 22.9. The van der Waals surface area contributed by atoms with Gasteiger partial charge in [-0.15, -0.1) is 0 Å². The predicted octanol–water partition coefficient (Wildman–Crippen LogP) is 4.61. The van der Waals surface area contributed by atoms with Crippen LogP contribution in [-0.2, 0) is 29.5 Å². The number of para-hydroxylation sites is 1. The summed E-state index contributed by atoms with van der Waals surface area (Å²) in [6.45, 7) is 6.50. The van der Waals surface area contributed by atoms with Crippen LogP contribution in [0.3, 0.4) is 0 Å². The third kappa shape index (κ3) is 6.29. The van der Waals surface area contributed by atoms with Crippen LogP contribution < -0.4 is 14.9 Å². The lowest BCUT2D eigenvalue weighted by molar-refractivity contribution is 0.0950. The Morgan fingerprint density at radius 3 is 2.60 bits per heavy atom. The molecule has 0 aliphatic carbocycles. The Morgan fingerprint density at radius 2 is 1.83 bits per heavy atom. The molecule has 42 heavy (non-hydrogen) atoms. The number of benzene rings is 3. The number of anilines is 2. The van der Waals surface area contributed by atoms with Gasteiger partial charge in [0.05, 0.1) is 5.56 Å². The number of sulfonamides is 1. The van der Waals surface area contributed by atoms with Gasteiger partial charge in [-0.05, 0) is 78.2 Å². The van der Waals surface area contributed by atoms with Crippen molar-refractivity contribution in [3.05, 3.63) is 119 Å². The maximum absolute atomic E-state index is 12.9. The number of carbonyl (C=O) groups is 1. The number of nitrogens with one attached hydrogen (secondary N) is 2. The molecule has 1 aliphatic heterocycles. The lowest BCUT2D eigenvalue weighted by Crippen LogP contribution is -2.28. The lowest BCUT2D eigenvalue weighted by atomic mass is 9.99. The molecule has 4 aromatic rings. The van der Waals surface area contributed by atoms with Crippen LogP contribution in [0.1, 0.15) is 32.6 Å². The molecule has 0 saturated heterocycles. The number of hydrogen-bond acceptors (Lipinski definition) is 7. The number of likely N-dealkylation sites (N-methyl/N-ethyl adjacent to an activating group) is 1. The van der Waals surface area contributed by atoms with E-state index in [-0.39, 0.29) is 34.5 Å². The monoisotopic (exact) mass is 583 g/mol. The Labute approximate surface area is 246 Å². The SMILES string of the molecule is C=C(Nc1ccc2c(c1)CN(C)CC2)c1cccc(CNC(=O)c2ccc(N(C)S(=O)(=O)c3ccccc3O)nc2)c1. The molecule has 1 amide bonds. The summed E-state index contributed by atoms with van der Waals surface area (Å²) in [4.78, 5) is 19.1. The van der Waals surface area contributed by atoms with E-state index in [1.807, 2.05) is 24.3 Å². The highest BCUT2D eigenvalue weighted by Crippen LogP contribution is 2.27. The largest absolute Gasteiger partial charge is 0.507 e. The molecule has 5 rings (SSSR count). The number of hydrogen-bond donors (Lipinski definition) is 3. The third-order valence-electron chi connectivity index (χ3n) is 7.27. The van der Waals surface area contributed by atoms with Gasteiger partial charge in [-0.3, -0.25) is 9.10 Å². The summed E-state index contributed by atoms with van der Waals surface area (Å²) in [5, 5.41) is 16.3. The number of phenolic OH excluding ortho intramolecular Hbond substituents is 1. The van der Waals surface area contributed by atoms with Gasteiger partial charge < -0.3 is 20.6 Å². The van der Waals surface area contributed by atoms with Crippen LogP contribution in [0.25, 0.3) is 5.70 Å². The summed E-state index contributed by atoms with van der Waals surface area (Å²) in [5.74, 6) is -0.587. The number of fused-ring (bicyclic) bond motifs is 1. The number of phenols is 1. The summed E-state index contributed by atoms with van der Waals surface area (Å²) >= 11 is 0. The van der Waals surface area contributed by atoms with E-state index < -0.39 is 10.0 Å². The minimum atomic E-state index is -4.03. The van der Waals surface area contributed by atoms with E-state index in [2.05, 4.69) is 52.3 Å². The number of carbonyl (C=O) groups excluding carboxylic acids is 1. The van der Waals surface area contributed by atoms with E-state index >= 15 is 0 Å². The maximum atomic E-state index is 12.9. The van der Waals surface area contributed by atoms with Crippen molar-refractivity contribution < 1.29 is 18.3 Å². The minimum Gasteiger partial charge on any atom is -0.507 e. The van der Waals surface area contributed by atoms with Crippen LogP contribution in [0.2, 0.25) is 0 Å². The van der Waals surface area contributed by atoms with Gasteiger partial charge in [-0.1, -0.05) is 43.0 Å². The molecule has 0 unspecified atom stereocenters. The minimum absolute atomic E-state index is 0.111. The van der Waals surface area contributed by atoms with Gasteiger partial charge in [0.2, 0.25) is 0 Å². The van der Waals surface area contributed by atoms with Crippen molar-refractivity contribution >= 4 is 33.1 Å². The molecule has 3 aromatic carbocycles. The third-order valence-corrected chi connectivity index (χ3v) is 9.08. The predicted molar refractivity (Wildman–Crippen MR) is 165 cm³/mol. The second-order valence-electron chi connectivity index (χ2n) is 10.3. The zero-order valence-corrected chi connectivity index (χ0v) is 24.4. The van der Waals surface area contributed by atoms with Crippen molar-refractivity contribution in [2.24, 2.45) is 0 Å². The zero-order chi connectivity index (χ0) is 29.9. The number of aromatic hydroxyl groups is 1. The highest BCUT2D eigenvalue weighted by molar-refractivity contribution is 7.92. The van der Waals surface area contributed by atoms with Crippen molar-refractivity contribution in [2.45, 2.75) is 24.4 Å². The number of nitrogens with zero attached hydrogens (tertiary/aromatic N) is 3. The summed E-state index contributed by atoms with van der Waals surface area (Å²) in [6.07, 6.45) is 2.37. The molecule has 0 atom stereocenters. The molecule has 0 fully saturated rings. The van der Waals surface area contributed by atoms with Crippen molar-refractivity contribution in [3.63, 3.8) is 0 Å². The van der Waals surface area contributed by atoms with Gasteiger partial charge >= 0.3 is 0 Å². The highest BCUT2D eigenvalue weighted by atomic mass is 32.2. The molecule has 9 nitrogen and oxygen atoms in total. The second kappa shape index (κ2) is 12.1. The van der Waals surface area contributed by atoms with Crippen molar-refractivity contribution in [1.82, 2.24) is 15.2 Å². The van der Waals surface area contributed by atoms with Crippen molar-refractivity contribution in [3.8, 4) is 5.75 Å². The van der Waals surface area contributed by atoms with Crippen molar-refractivity contribution in [1.29, 1.82) is 0 Å². The van der Waals surface area contributed by atoms with Crippen LogP contribution in [0.4, 0.5) is 11.5 Å². The molecule has 0 saturated carbocycles. The first kappa shape index (κ1) is 28.8. The van der Waals surface area contributed by atoms with Crippen LogP contribution in [-0.4, -0.2) is 50.0 Å². The second-order valence-corrected chi connectivity index (χ2v) is 12.2. The molecular formula is C32H33N5O4S. The molecule has 0 bridgehead atoms. The van der Waals surface area contributed by atoms with Crippen LogP contribution in [0.15, 0.2) is 96.5 Å². The first-order chi connectivity index (χ1) is 20.1. The number of rotatable bonds is 9. The van der Waals surface area contributed by atoms with E-state index in [4.69, 9.17) is 0 Å². The molecule has 0 spiro atoms. The molecule has 1 aromatic heterocycles. The number of amides is 1.